The minimum absolute atomic E-state index is 0.0738. The van der Waals surface area contributed by atoms with Gasteiger partial charge < -0.3 is 0 Å². The summed E-state index contributed by atoms with van der Waals surface area (Å²) in [5.74, 6) is 0.0215. The molecule has 5 rings (SSSR count). The molecule has 0 aromatic rings. The number of rotatable bonds is 1. The first kappa shape index (κ1) is 21.6. The summed E-state index contributed by atoms with van der Waals surface area (Å²) < 4.78 is 3.43. The number of carbonyl (C=O) groups is 3. The standard InChI is InChI=1S/C22H32N4O3P2/c1-14(27)25-23-16-10-6-8-12-21(16)22-13-9-7-11-17(22)24-26(15(2)28)31(22)19(30(21)25)18(29)20(3,4)5/h19H,6-13H2,1-5H3. The number of hydrogen-bond donors (Lipinski definition) is 0. The molecule has 9 heteroatoms. The van der Waals surface area contributed by atoms with Crippen molar-refractivity contribution < 1.29 is 14.4 Å². The van der Waals surface area contributed by atoms with Gasteiger partial charge in [0, 0.05) is 19.3 Å². The van der Waals surface area contributed by atoms with Gasteiger partial charge in [-0.25, -0.2) is 9.56 Å². The lowest BCUT2D eigenvalue weighted by Crippen LogP contribution is -2.58. The Morgan fingerprint density at radius 3 is 1.61 bits per heavy atom. The molecular weight excluding hydrogens is 430 g/mol. The van der Waals surface area contributed by atoms with E-state index in [2.05, 4.69) is 0 Å². The summed E-state index contributed by atoms with van der Waals surface area (Å²) in [4.78, 5) is 39.8. The van der Waals surface area contributed by atoms with E-state index in [1.807, 2.05) is 20.8 Å². The van der Waals surface area contributed by atoms with Gasteiger partial charge in [0.1, 0.15) is 5.40 Å². The fourth-order valence-electron chi connectivity index (χ4n) is 6.51. The van der Waals surface area contributed by atoms with E-state index < -0.39 is 21.6 Å². The fraction of sp³-hybridized carbons (Fsp3) is 0.773. The van der Waals surface area contributed by atoms with Gasteiger partial charge in [-0.15, -0.1) is 0 Å². The SMILES string of the molecule is CC(=O)N1N=C2CCCCC23P1C(C(=O)C(C)(C)C)P1N(C(C)=O)N=C2CCCCC213. The van der Waals surface area contributed by atoms with Gasteiger partial charge in [0.15, 0.2) is 5.78 Å². The summed E-state index contributed by atoms with van der Waals surface area (Å²) in [6.45, 7) is 9.04. The van der Waals surface area contributed by atoms with Crippen LogP contribution in [0.3, 0.4) is 0 Å². The van der Waals surface area contributed by atoms with Crippen molar-refractivity contribution >= 4 is 45.2 Å². The van der Waals surface area contributed by atoms with Crippen LogP contribution in [0.5, 0.6) is 0 Å². The molecule has 31 heavy (non-hydrogen) atoms. The van der Waals surface area contributed by atoms with Crippen LogP contribution in [-0.4, -0.2) is 54.3 Å². The molecule has 7 nitrogen and oxygen atoms in total. The second kappa shape index (κ2) is 6.90. The van der Waals surface area contributed by atoms with Crippen LogP contribution in [0.25, 0.3) is 0 Å². The first-order valence-electron chi connectivity index (χ1n) is 11.5. The lowest BCUT2D eigenvalue weighted by atomic mass is 9.69. The van der Waals surface area contributed by atoms with E-state index in [1.54, 1.807) is 23.4 Å². The van der Waals surface area contributed by atoms with Gasteiger partial charge in [-0.1, -0.05) is 33.6 Å². The van der Waals surface area contributed by atoms with E-state index in [1.165, 1.54) is 0 Å². The highest BCUT2D eigenvalue weighted by Crippen LogP contribution is 2.90. The summed E-state index contributed by atoms with van der Waals surface area (Å²) in [7, 11) is -2.39. The zero-order valence-electron chi connectivity index (χ0n) is 19.1. The van der Waals surface area contributed by atoms with Crippen LogP contribution in [-0.2, 0) is 14.4 Å². The molecule has 2 amide bonds. The number of Topliss-reactive ketones (excluding diaryl/α,β-unsaturated/α-hetero) is 1. The molecule has 0 N–H and O–H groups in total. The third-order valence-electron chi connectivity index (χ3n) is 7.66. The smallest absolute Gasteiger partial charge is 0.242 e. The average molecular weight is 462 g/mol. The van der Waals surface area contributed by atoms with E-state index in [9.17, 15) is 14.4 Å². The van der Waals surface area contributed by atoms with Crippen molar-refractivity contribution in [3.05, 3.63) is 0 Å². The minimum Gasteiger partial charge on any atom is -0.298 e. The van der Waals surface area contributed by atoms with Gasteiger partial charge in [-0.2, -0.15) is 10.2 Å². The van der Waals surface area contributed by atoms with Crippen LogP contribution in [0.2, 0.25) is 0 Å². The molecule has 0 radical (unpaired) electrons. The Morgan fingerprint density at radius 2 is 1.26 bits per heavy atom. The van der Waals surface area contributed by atoms with E-state index in [4.69, 9.17) is 10.2 Å². The number of ketones is 1. The molecule has 0 bridgehead atoms. The normalized spacial score (nSPS) is 38.7. The average Bonchev–Trinajstić information content (AvgIpc) is 3.29. The maximum Gasteiger partial charge on any atom is 0.242 e. The van der Waals surface area contributed by atoms with Crippen LogP contribution in [0.15, 0.2) is 10.2 Å². The van der Waals surface area contributed by atoms with Gasteiger partial charge in [-0.3, -0.25) is 14.4 Å². The van der Waals surface area contributed by atoms with Crippen molar-refractivity contribution in [2.75, 3.05) is 0 Å². The van der Waals surface area contributed by atoms with Gasteiger partial charge in [-0.05, 0) is 38.5 Å². The summed E-state index contributed by atoms with van der Waals surface area (Å²) in [6, 6.07) is 0. The molecule has 0 aromatic carbocycles. The van der Waals surface area contributed by atoms with Crippen LogP contribution < -0.4 is 0 Å². The van der Waals surface area contributed by atoms with Gasteiger partial charge in [0.05, 0.1) is 37.9 Å². The third-order valence-corrected chi connectivity index (χ3v) is 15.4. The van der Waals surface area contributed by atoms with Gasteiger partial charge in [0.2, 0.25) is 11.8 Å². The van der Waals surface area contributed by atoms with E-state index in [0.717, 1.165) is 62.8 Å². The second-order valence-electron chi connectivity index (χ2n) is 10.5. The Hall–Kier alpha value is -1.19. The molecule has 5 aliphatic rings. The monoisotopic (exact) mass is 462 g/mol. The Balaban J connectivity index is 1.81. The lowest BCUT2D eigenvalue weighted by molar-refractivity contribution is -0.124. The van der Waals surface area contributed by atoms with Crippen molar-refractivity contribution in [3.63, 3.8) is 0 Å². The quantitative estimate of drug-likeness (QED) is 0.525. The van der Waals surface area contributed by atoms with Gasteiger partial charge in [0.25, 0.3) is 0 Å². The number of hydrazone groups is 2. The molecule has 3 heterocycles. The molecule has 4 unspecified atom stereocenters. The summed E-state index contributed by atoms with van der Waals surface area (Å²) in [5, 5.41) is 8.97. The summed E-state index contributed by atoms with van der Waals surface area (Å²) in [6.07, 6.45) is 8.00. The fourth-order valence-corrected chi connectivity index (χ4v) is 16.7. The molecule has 2 aliphatic carbocycles. The molecule has 3 fully saturated rings. The Kier molecular flexibility index (Phi) is 4.82. The molecule has 2 spiro atoms. The third kappa shape index (κ3) is 2.57. The number of carbonyl (C=O) groups excluding carboxylic acids is 3. The number of hydrogen-bond acceptors (Lipinski definition) is 5. The number of amides is 2. The van der Waals surface area contributed by atoms with Crippen LogP contribution in [0, 0.1) is 5.41 Å². The second-order valence-corrected chi connectivity index (χ2v) is 15.6. The van der Waals surface area contributed by atoms with E-state index in [-0.39, 0.29) is 33.3 Å². The van der Waals surface area contributed by atoms with Crippen molar-refractivity contribution in [1.82, 2.24) is 9.56 Å². The maximum absolute atomic E-state index is 14.1. The minimum atomic E-state index is -1.19. The van der Waals surface area contributed by atoms with Crippen LogP contribution >= 0.6 is 16.1 Å². The summed E-state index contributed by atoms with van der Waals surface area (Å²) in [5.41, 5.74) is 1.69. The number of nitrogens with zero attached hydrogens (tertiary/aromatic N) is 4. The van der Waals surface area contributed by atoms with Crippen molar-refractivity contribution in [3.8, 4) is 0 Å². The predicted molar refractivity (Wildman–Crippen MR) is 124 cm³/mol. The van der Waals surface area contributed by atoms with Crippen LogP contribution in [0.1, 0.15) is 86.0 Å². The Bertz CT molecular complexity index is 880. The summed E-state index contributed by atoms with van der Waals surface area (Å²) >= 11 is 0. The molecular formula is C22H32N4O3P2. The highest BCUT2D eigenvalue weighted by molar-refractivity contribution is 7.83. The lowest BCUT2D eigenvalue weighted by Gasteiger charge is -2.49. The molecule has 1 saturated heterocycles. The highest BCUT2D eigenvalue weighted by Gasteiger charge is 2.81. The molecule has 3 aliphatic heterocycles. The molecule has 0 aromatic heterocycles. The Labute approximate surface area is 186 Å². The zero-order valence-corrected chi connectivity index (χ0v) is 20.9. The first-order valence-corrected chi connectivity index (χ1v) is 14.2. The zero-order chi connectivity index (χ0) is 22.3. The highest BCUT2D eigenvalue weighted by atomic mass is 31.2. The predicted octanol–water partition coefficient (Wildman–Crippen LogP) is 4.80. The van der Waals surface area contributed by atoms with Crippen LogP contribution in [0.4, 0.5) is 0 Å². The topological polar surface area (TPSA) is 82.4 Å². The van der Waals surface area contributed by atoms with E-state index in [0.29, 0.717) is 0 Å². The first-order chi connectivity index (χ1) is 14.6. The largest absolute Gasteiger partial charge is 0.298 e. The molecule has 2 saturated carbocycles. The Morgan fingerprint density at radius 1 is 0.839 bits per heavy atom. The van der Waals surface area contributed by atoms with Crippen molar-refractivity contribution in [2.24, 2.45) is 15.6 Å². The van der Waals surface area contributed by atoms with Gasteiger partial charge >= 0.3 is 0 Å². The van der Waals surface area contributed by atoms with Crippen molar-refractivity contribution in [2.45, 2.75) is 102 Å². The molecule has 4 atom stereocenters. The maximum atomic E-state index is 14.1. The van der Waals surface area contributed by atoms with E-state index >= 15 is 0 Å². The molecule has 168 valence electrons. The van der Waals surface area contributed by atoms with Crippen molar-refractivity contribution in [1.29, 1.82) is 0 Å².